The second-order valence-corrected chi connectivity index (χ2v) is 4.47. The third-order valence-corrected chi connectivity index (χ3v) is 3.44. The zero-order valence-electron chi connectivity index (χ0n) is 7.26. The zero-order valence-corrected chi connectivity index (χ0v) is 8.84. The van der Waals surface area contributed by atoms with Gasteiger partial charge < -0.3 is 10.8 Å². The lowest BCUT2D eigenvalue weighted by Crippen LogP contribution is -2.19. The largest absolute Gasteiger partial charge is 0.506 e. The molecule has 2 rings (SSSR count). The van der Waals surface area contributed by atoms with Crippen LogP contribution in [-0.4, -0.2) is 11.7 Å². The van der Waals surface area contributed by atoms with E-state index in [0.29, 0.717) is 12.3 Å². The van der Waals surface area contributed by atoms with E-state index in [9.17, 15) is 5.11 Å². The lowest BCUT2D eigenvalue weighted by molar-refractivity contribution is 0.455. The Kier molecular flexibility index (Phi) is 2.08. The summed E-state index contributed by atoms with van der Waals surface area (Å²) in [5.41, 5.74) is 6.75. The van der Waals surface area contributed by atoms with Crippen molar-refractivity contribution in [2.75, 3.05) is 6.54 Å². The molecule has 3 N–H and O–H groups in total. The van der Waals surface area contributed by atoms with Crippen LogP contribution >= 0.6 is 15.9 Å². The van der Waals surface area contributed by atoms with Crippen LogP contribution in [0.1, 0.15) is 18.4 Å². The van der Waals surface area contributed by atoms with Gasteiger partial charge in [0.15, 0.2) is 0 Å². The van der Waals surface area contributed by atoms with E-state index in [1.54, 1.807) is 0 Å². The van der Waals surface area contributed by atoms with Gasteiger partial charge in [-0.2, -0.15) is 0 Å². The van der Waals surface area contributed by atoms with Crippen LogP contribution in [-0.2, 0) is 5.41 Å². The van der Waals surface area contributed by atoms with Gasteiger partial charge in [0.25, 0.3) is 0 Å². The van der Waals surface area contributed by atoms with Gasteiger partial charge in [-0.25, -0.2) is 0 Å². The highest BCUT2D eigenvalue weighted by atomic mass is 79.9. The molecule has 0 spiro atoms. The van der Waals surface area contributed by atoms with Crippen LogP contribution < -0.4 is 5.73 Å². The van der Waals surface area contributed by atoms with Gasteiger partial charge in [-0.1, -0.05) is 12.1 Å². The lowest BCUT2D eigenvalue weighted by atomic mass is 9.95. The number of hydrogen-bond acceptors (Lipinski definition) is 2. The maximum atomic E-state index is 9.80. The Morgan fingerprint density at radius 1 is 1.46 bits per heavy atom. The van der Waals surface area contributed by atoms with Gasteiger partial charge in [0.2, 0.25) is 0 Å². The summed E-state index contributed by atoms with van der Waals surface area (Å²) < 4.78 is 0.754. The molecule has 0 amide bonds. The number of aromatic hydroxyl groups is 1. The summed E-state index contributed by atoms with van der Waals surface area (Å²) in [5.74, 6) is 0.352. The molecule has 0 aliphatic heterocycles. The van der Waals surface area contributed by atoms with Gasteiger partial charge in [0.1, 0.15) is 5.75 Å². The number of halogens is 1. The highest BCUT2D eigenvalue weighted by Gasteiger charge is 2.44. The quantitative estimate of drug-likeness (QED) is 0.834. The molecule has 3 heteroatoms. The number of rotatable bonds is 2. The number of phenolic OH excluding ortho intramolecular Hbond substituents is 1. The first-order valence-corrected chi connectivity index (χ1v) is 5.17. The normalized spacial score (nSPS) is 18.6. The minimum atomic E-state index is 0.0634. The van der Waals surface area contributed by atoms with Crippen LogP contribution in [0.4, 0.5) is 0 Å². The van der Waals surface area contributed by atoms with Crippen molar-refractivity contribution < 1.29 is 5.11 Å². The van der Waals surface area contributed by atoms with E-state index in [1.165, 1.54) is 0 Å². The van der Waals surface area contributed by atoms with E-state index in [-0.39, 0.29) is 5.41 Å². The van der Waals surface area contributed by atoms with Crippen LogP contribution in [0.3, 0.4) is 0 Å². The van der Waals surface area contributed by atoms with E-state index in [1.807, 2.05) is 18.2 Å². The molecule has 0 bridgehead atoms. The molecule has 1 aliphatic carbocycles. The van der Waals surface area contributed by atoms with Crippen molar-refractivity contribution in [3.8, 4) is 5.75 Å². The third-order valence-electron chi connectivity index (χ3n) is 2.80. The summed E-state index contributed by atoms with van der Waals surface area (Å²) >= 11 is 3.30. The van der Waals surface area contributed by atoms with Gasteiger partial charge >= 0.3 is 0 Å². The SMILES string of the molecule is NCC1(c2cccc(Br)c2O)CC1. The van der Waals surface area contributed by atoms with Crippen molar-refractivity contribution in [2.24, 2.45) is 5.73 Å². The molecule has 0 atom stereocenters. The maximum absolute atomic E-state index is 9.80. The molecule has 13 heavy (non-hydrogen) atoms. The van der Waals surface area contributed by atoms with Crippen molar-refractivity contribution in [1.82, 2.24) is 0 Å². The second kappa shape index (κ2) is 3.00. The molecule has 0 radical (unpaired) electrons. The third kappa shape index (κ3) is 1.36. The molecule has 1 saturated carbocycles. The van der Waals surface area contributed by atoms with Crippen molar-refractivity contribution >= 4 is 15.9 Å². The Morgan fingerprint density at radius 2 is 2.15 bits per heavy atom. The first-order valence-electron chi connectivity index (χ1n) is 4.38. The number of phenols is 1. The first kappa shape index (κ1) is 9.03. The fourth-order valence-corrected chi connectivity index (χ4v) is 2.04. The molecule has 2 nitrogen and oxygen atoms in total. The van der Waals surface area contributed by atoms with Gasteiger partial charge in [-0.15, -0.1) is 0 Å². The Bertz CT molecular complexity index is 334. The van der Waals surface area contributed by atoms with Crippen LogP contribution in [0.5, 0.6) is 5.75 Å². The predicted octanol–water partition coefficient (Wildman–Crippen LogP) is 2.15. The molecule has 1 aromatic rings. The molecule has 1 fully saturated rings. The van der Waals surface area contributed by atoms with E-state index in [4.69, 9.17) is 5.73 Å². The Hall–Kier alpha value is -0.540. The number of hydrogen-bond donors (Lipinski definition) is 2. The molecule has 0 aromatic heterocycles. The Labute approximate surface area is 85.9 Å². The van der Waals surface area contributed by atoms with Crippen LogP contribution in [0.2, 0.25) is 0 Å². The number of benzene rings is 1. The van der Waals surface area contributed by atoms with Gasteiger partial charge in [-0.3, -0.25) is 0 Å². The summed E-state index contributed by atoms with van der Waals surface area (Å²) in [4.78, 5) is 0. The second-order valence-electron chi connectivity index (χ2n) is 3.62. The molecule has 1 aliphatic rings. The van der Waals surface area contributed by atoms with E-state index in [0.717, 1.165) is 22.9 Å². The molecule has 1 aromatic carbocycles. The first-order chi connectivity index (χ1) is 6.19. The number of para-hydroxylation sites is 1. The highest BCUT2D eigenvalue weighted by molar-refractivity contribution is 9.10. The van der Waals surface area contributed by atoms with Crippen LogP contribution in [0.15, 0.2) is 22.7 Å². The maximum Gasteiger partial charge on any atom is 0.133 e. The molecular weight excluding hydrogens is 230 g/mol. The van der Waals surface area contributed by atoms with Crippen molar-refractivity contribution in [3.05, 3.63) is 28.2 Å². The summed E-state index contributed by atoms with van der Waals surface area (Å²) in [6.45, 7) is 0.622. The predicted molar refractivity (Wildman–Crippen MR) is 55.8 cm³/mol. The molecule has 70 valence electrons. The highest BCUT2D eigenvalue weighted by Crippen LogP contribution is 2.51. The van der Waals surface area contributed by atoms with E-state index in [2.05, 4.69) is 15.9 Å². The number of nitrogens with two attached hydrogens (primary N) is 1. The smallest absolute Gasteiger partial charge is 0.133 e. The monoisotopic (exact) mass is 241 g/mol. The van der Waals surface area contributed by atoms with Crippen LogP contribution in [0.25, 0.3) is 0 Å². The van der Waals surface area contributed by atoms with Gasteiger partial charge in [0.05, 0.1) is 4.47 Å². The van der Waals surface area contributed by atoms with Crippen molar-refractivity contribution in [2.45, 2.75) is 18.3 Å². The standard InChI is InChI=1S/C10H12BrNO/c11-8-3-1-2-7(9(8)13)10(6-12)4-5-10/h1-3,13H,4-6,12H2. The Morgan fingerprint density at radius 3 is 2.69 bits per heavy atom. The molecule has 0 saturated heterocycles. The van der Waals surface area contributed by atoms with Crippen molar-refractivity contribution in [1.29, 1.82) is 0 Å². The van der Waals surface area contributed by atoms with E-state index < -0.39 is 0 Å². The minimum Gasteiger partial charge on any atom is -0.506 e. The minimum absolute atomic E-state index is 0.0634. The molecule has 0 heterocycles. The van der Waals surface area contributed by atoms with Gasteiger partial charge in [0, 0.05) is 17.5 Å². The average Bonchev–Trinajstić information content (AvgIpc) is 2.90. The van der Waals surface area contributed by atoms with Crippen molar-refractivity contribution in [3.63, 3.8) is 0 Å². The Balaban J connectivity index is 2.46. The fraction of sp³-hybridized carbons (Fsp3) is 0.400. The molecule has 0 unspecified atom stereocenters. The summed E-state index contributed by atoms with van der Waals surface area (Å²) in [6, 6.07) is 5.74. The summed E-state index contributed by atoms with van der Waals surface area (Å²) in [6.07, 6.45) is 2.18. The lowest BCUT2D eigenvalue weighted by Gasteiger charge is -2.14. The topological polar surface area (TPSA) is 46.2 Å². The van der Waals surface area contributed by atoms with E-state index >= 15 is 0 Å². The summed E-state index contributed by atoms with van der Waals surface area (Å²) in [5, 5.41) is 9.80. The van der Waals surface area contributed by atoms with Crippen LogP contribution in [0, 0.1) is 0 Å². The van der Waals surface area contributed by atoms with Gasteiger partial charge in [-0.05, 0) is 34.8 Å². The summed E-state index contributed by atoms with van der Waals surface area (Å²) in [7, 11) is 0. The zero-order chi connectivity index (χ0) is 9.47. The molecular formula is C10H12BrNO. The fourth-order valence-electron chi connectivity index (χ4n) is 1.68. The average molecular weight is 242 g/mol.